The predicted molar refractivity (Wildman–Crippen MR) is 212 cm³/mol. The Morgan fingerprint density at radius 2 is 1.80 bits per heavy atom. The number of carbonyl (C=O) groups excluding carboxylic acids is 3. The van der Waals surface area contributed by atoms with Crippen LogP contribution in [0, 0.1) is 0 Å². The van der Waals surface area contributed by atoms with E-state index in [4.69, 9.17) is 0 Å². The van der Waals surface area contributed by atoms with Gasteiger partial charge < -0.3 is 21.3 Å². The minimum absolute atomic E-state index is 0.0912. The standard InChI is InChI=1S/C22H34N4O2.C18H18FN5O2/c1-5-6-14-19(21(27)24-3)26-18-15-11-13-17(20(18)25(4)22(26)28)12-9-7-8-10-16-23-2;1-11(19)8-22-18(26)16-9-21-17-15(20-2)7-14(23-24(16)17)13-5-3-4-12(6-13)10-25/h5,11,13,15,19,23H,1,6-10,12,14,16H2,2-4H3,(H,24,27);3-7,9-11,20H,8H2,1-2H3,(H,22,26). The van der Waals surface area contributed by atoms with E-state index in [0.717, 1.165) is 42.3 Å². The van der Waals surface area contributed by atoms with Gasteiger partial charge in [-0.25, -0.2) is 18.7 Å². The zero-order chi connectivity index (χ0) is 39.2. The van der Waals surface area contributed by atoms with Gasteiger partial charge in [-0.05, 0) is 76.4 Å². The number of imidazole rings is 2. The summed E-state index contributed by atoms with van der Waals surface area (Å²) < 4.78 is 17.7. The fraction of sp³-hybridized carbons (Fsp3) is 0.400. The lowest BCUT2D eigenvalue weighted by atomic mass is 10.0. The van der Waals surface area contributed by atoms with Crippen LogP contribution >= 0.6 is 0 Å². The van der Waals surface area contributed by atoms with Crippen LogP contribution in [0.4, 0.5) is 10.1 Å². The van der Waals surface area contributed by atoms with Crippen molar-refractivity contribution in [2.45, 2.75) is 64.1 Å². The van der Waals surface area contributed by atoms with E-state index < -0.39 is 18.1 Å². The van der Waals surface area contributed by atoms with Crippen molar-refractivity contribution in [3.8, 4) is 11.3 Å². The Morgan fingerprint density at radius 3 is 2.48 bits per heavy atom. The number of unbranched alkanes of at least 4 members (excludes halogenated alkanes) is 3. The van der Waals surface area contributed by atoms with Crippen molar-refractivity contribution in [2.75, 3.05) is 39.5 Å². The SMILES string of the molecule is C=CCCC(C(=O)NC)n1c(=O)n(C)c2c(CCCCCCNC)cccc21.CNc1cc(-c2cccc(C=O)c2)nn2c(C(=O)NCC(C)F)cnc12. The molecule has 3 heterocycles. The number of para-hydroxylation sites is 1. The third-order valence-electron chi connectivity index (χ3n) is 9.15. The van der Waals surface area contributed by atoms with E-state index in [-0.39, 0.29) is 23.8 Å². The highest BCUT2D eigenvalue weighted by Gasteiger charge is 2.25. The Kier molecular flexibility index (Phi) is 15.2. The van der Waals surface area contributed by atoms with Gasteiger partial charge in [-0.15, -0.1) is 6.58 Å². The minimum Gasteiger partial charge on any atom is -0.385 e. The average molecular weight is 742 g/mol. The van der Waals surface area contributed by atoms with Gasteiger partial charge in [0.1, 0.15) is 18.5 Å². The molecule has 2 amide bonds. The smallest absolute Gasteiger partial charge is 0.329 e. The number of amides is 2. The second kappa shape index (κ2) is 20.0. The Labute approximate surface area is 315 Å². The number of aryl methyl sites for hydroxylation is 2. The quantitative estimate of drug-likeness (QED) is 0.0539. The number of carbonyl (C=O) groups is 3. The van der Waals surface area contributed by atoms with Crippen molar-refractivity contribution in [2.24, 2.45) is 7.05 Å². The average Bonchev–Trinajstić information content (AvgIpc) is 3.73. The Hall–Kier alpha value is -5.63. The molecule has 288 valence electrons. The number of nitrogens with one attached hydrogen (secondary N) is 4. The summed E-state index contributed by atoms with van der Waals surface area (Å²) in [5.74, 6) is -0.610. The summed E-state index contributed by atoms with van der Waals surface area (Å²) in [6.07, 6.45) is 9.61. The summed E-state index contributed by atoms with van der Waals surface area (Å²) in [6.45, 7) is 6.08. The van der Waals surface area contributed by atoms with Gasteiger partial charge in [0.15, 0.2) is 11.3 Å². The molecule has 0 saturated heterocycles. The van der Waals surface area contributed by atoms with Gasteiger partial charge in [0, 0.05) is 38.8 Å². The van der Waals surface area contributed by atoms with Crippen LogP contribution in [0.3, 0.4) is 0 Å². The van der Waals surface area contributed by atoms with Crippen LogP contribution in [0.5, 0.6) is 0 Å². The first-order valence-electron chi connectivity index (χ1n) is 18.3. The van der Waals surface area contributed by atoms with Crippen LogP contribution in [0.1, 0.15) is 77.9 Å². The third kappa shape index (κ3) is 9.86. The summed E-state index contributed by atoms with van der Waals surface area (Å²) in [6, 6.07) is 14.3. The van der Waals surface area contributed by atoms with E-state index in [1.807, 2.05) is 25.2 Å². The fourth-order valence-corrected chi connectivity index (χ4v) is 6.36. The lowest BCUT2D eigenvalue weighted by Crippen LogP contribution is -2.35. The molecule has 14 heteroatoms. The first kappa shape index (κ1) is 41.1. The first-order valence-corrected chi connectivity index (χ1v) is 18.3. The molecule has 0 saturated carbocycles. The van der Waals surface area contributed by atoms with Gasteiger partial charge >= 0.3 is 5.69 Å². The molecule has 0 aliphatic heterocycles. The van der Waals surface area contributed by atoms with Crippen molar-refractivity contribution in [1.82, 2.24) is 39.7 Å². The van der Waals surface area contributed by atoms with Crippen molar-refractivity contribution >= 4 is 40.5 Å². The number of halogens is 1. The molecule has 4 N–H and O–H groups in total. The normalized spacial score (nSPS) is 12.1. The highest BCUT2D eigenvalue weighted by Crippen LogP contribution is 2.26. The first-order chi connectivity index (χ1) is 26.1. The Morgan fingerprint density at radius 1 is 1.04 bits per heavy atom. The highest BCUT2D eigenvalue weighted by molar-refractivity contribution is 5.94. The second-order valence-electron chi connectivity index (χ2n) is 13.1. The number of aldehydes is 1. The molecule has 0 fully saturated rings. The number of likely N-dealkylation sites (N-methyl/N-ethyl adjacent to an activating group) is 1. The van der Waals surface area contributed by atoms with Crippen LogP contribution in [0.25, 0.3) is 27.9 Å². The maximum absolute atomic E-state index is 13.0. The van der Waals surface area contributed by atoms with Crippen LogP contribution in [-0.4, -0.2) is 82.2 Å². The van der Waals surface area contributed by atoms with Crippen molar-refractivity contribution < 1.29 is 18.8 Å². The number of fused-ring (bicyclic) bond motifs is 2. The molecule has 54 heavy (non-hydrogen) atoms. The largest absolute Gasteiger partial charge is 0.385 e. The van der Waals surface area contributed by atoms with E-state index in [2.05, 4.69) is 44.0 Å². The van der Waals surface area contributed by atoms with Gasteiger partial charge in [0.2, 0.25) is 5.91 Å². The Bertz CT molecular complexity index is 2120. The molecule has 5 aromatic rings. The summed E-state index contributed by atoms with van der Waals surface area (Å²) in [5.41, 5.74) is 5.96. The van der Waals surface area contributed by atoms with E-state index >= 15 is 0 Å². The molecular weight excluding hydrogens is 689 g/mol. The number of allylic oxidation sites excluding steroid dienone is 1. The van der Waals surface area contributed by atoms with E-state index in [1.54, 1.807) is 60.6 Å². The molecule has 13 nitrogen and oxygen atoms in total. The van der Waals surface area contributed by atoms with E-state index in [1.165, 1.54) is 42.5 Å². The number of hydrogen-bond donors (Lipinski definition) is 4. The summed E-state index contributed by atoms with van der Waals surface area (Å²) >= 11 is 0. The van der Waals surface area contributed by atoms with Crippen LogP contribution in [-0.2, 0) is 18.3 Å². The monoisotopic (exact) mass is 741 g/mol. The topological polar surface area (TPSA) is 156 Å². The zero-order valence-electron chi connectivity index (χ0n) is 31.8. The molecular formula is C40H52FN9O4. The molecule has 0 aliphatic rings. The van der Waals surface area contributed by atoms with Gasteiger partial charge in [-0.3, -0.25) is 23.5 Å². The van der Waals surface area contributed by atoms with Crippen LogP contribution in [0.2, 0.25) is 0 Å². The number of nitrogens with zero attached hydrogens (tertiary/aromatic N) is 5. The highest BCUT2D eigenvalue weighted by atomic mass is 19.1. The molecule has 0 aliphatic carbocycles. The van der Waals surface area contributed by atoms with E-state index in [9.17, 15) is 23.6 Å². The molecule has 2 aromatic carbocycles. The summed E-state index contributed by atoms with van der Waals surface area (Å²) in [4.78, 5) is 53.1. The lowest BCUT2D eigenvalue weighted by molar-refractivity contribution is -0.124. The predicted octanol–water partition coefficient (Wildman–Crippen LogP) is 5.25. The van der Waals surface area contributed by atoms with Crippen LogP contribution in [0.15, 0.2) is 72.2 Å². The molecule has 0 radical (unpaired) electrons. The van der Waals surface area contributed by atoms with Gasteiger partial charge in [0.05, 0.1) is 28.6 Å². The molecule has 3 aromatic heterocycles. The van der Waals surface area contributed by atoms with Crippen molar-refractivity contribution in [1.29, 1.82) is 0 Å². The number of aromatic nitrogens is 5. The number of rotatable bonds is 18. The molecule has 2 unspecified atom stereocenters. The van der Waals surface area contributed by atoms with Gasteiger partial charge in [-0.1, -0.05) is 49.2 Å². The number of benzene rings is 2. The number of anilines is 1. The molecule has 5 rings (SSSR count). The van der Waals surface area contributed by atoms with Gasteiger partial charge in [0.25, 0.3) is 5.91 Å². The zero-order valence-corrected chi connectivity index (χ0v) is 31.8. The number of hydrogen-bond acceptors (Lipinski definition) is 8. The van der Waals surface area contributed by atoms with Gasteiger partial charge in [-0.2, -0.15) is 5.10 Å². The maximum Gasteiger partial charge on any atom is 0.329 e. The van der Waals surface area contributed by atoms with Crippen LogP contribution < -0.4 is 27.0 Å². The fourth-order valence-electron chi connectivity index (χ4n) is 6.36. The molecule has 0 spiro atoms. The minimum atomic E-state index is -1.15. The van der Waals surface area contributed by atoms with Crippen molar-refractivity contribution in [3.05, 3.63) is 94.7 Å². The lowest BCUT2D eigenvalue weighted by Gasteiger charge is -2.16. The van der Waals surface area contributed by atoms with Crippen molar-refractivity contribution in [3.63, 3.8) is 0 Å². The summed E-state index contributed by atoms with van der Waals surface area (Å²) in [7, 11) is 7.12. The third-order valence-corrected chi connectivity index (χ3v) is 9.15. The molecule has 2 atom stereocenters. The maximum atomic E-state index is 13.0. The van der Waals surface area contributed by atoms with E-state index in [0.29, 0.717) is 35.4 Å². The second-order valence-corrected chi connectivity index (χ2v) is 13.1. The Balaban J connectivity index is 0.000000241. The summed E-state index contributed by atoms with van der Waals surface area (Å²) in [5, 5.41) is 15.9. The molecule has 0 bridgehead atoms. The number of alkyl halides is 1.